The van der Waals surface area contributed by atoms with Gasteiger partial charge in [0.2, 0.25) is 0 Å². The second kappa shape index (κ2) is 5.38. The highest BCUT2D eigenvalue weighted by molar-refractivity contribution is 5.60. The van der Waals surface area contributed by atoms with Crippen molar-refractivity contribution in [3.8, 4) is 11.3 Å². The van der Waals surface area contributed by atoms with Gasteiger partial charge in [0.05, 0.1) is 0 Å². The van der Waals surface area contributed by atoms with Crippen molar-refractivity contribution in [2.75, 3.05) is 26.2 Å². The van der Waals surface area contributed by atoms with Crippen molar-refractivity contribution in [1.29, 1.82) is 0 Å². The van der Waals surface area contributed by atoms with Crippen LogP contribution in [0.3, 0.4) is 0 Å². The standard InChI is InChI=1S/C15H19N3/c1-3-13(12-18-9-7-16-8-10-18)11-14(4-1)15-5-2-6-17-15/h1-6,11,16-17H,7-10,12H2. The maximum Gasteiger partial charge on any atom is 0.0453 e. The normalized spacial score (nSPS) is 16.9. The quantitative estimate of drug-likeness (QED) is 0.862. The molecule has 1 aromatic heterocycles. The minimum absolute atomic E-state index is 1.05. The maximum absolute atomic E-state index is 3.39. The number of nitrogens with zero attached hydrogens (tertiary/aromatic N) is 1. The van der Waals surface area contributed by atoms with Crippen LogP contribution in [0.15, 0.2) is 42.6 Å². The molecule has 18 heavy (non-hydrogen) atoms. The summed E-state index contributed by atoms with van der Waals surface area (Å²) in [6.07, 6.45) is 1.97. The molecule has 2 heterocycles. The molecule has 94 valence electrons. The average Bonchev–Trinajstić information content (AvgIpc) is 2.94. The zero-order chi connectivity index (χ0) is 12.2. The molecule has 0 amide bonds. The highest BCUT2D eigenvalue weighted by Gasteiger charge is 2.10. The van der Waals surface area contributed by atoms with Crippen molar-refractivity contribution in [1.82, 2.24) is 15.2 Å². The summed E-state index contributed by atoms with van der Waals surface area (Å²) in [5.74, 6) is 0. The fraction of sp³-hybridized carbons (Fsp3) is 0.333. The van der Waals surface area contributed by atoms with Crippen molar-refractivity contribution in [3.05, 3.63) is 48.2 Å². The minimum Gasteiger partial charge on any atom is -0.361 e. The van der Waals surface area contributed by atoms with Crippen LogP contribution in [0.2, 0.25) is 0 Å². The summed E-state index contributed by atoms with van der Waals surface area (Å²) in [6.45, 7) is 5.56. The lowest BCUT2D eigenvalue weighted by atomic mass is 10.1. The van der Waals surface area contributed by atoms with E-state index >= 15 is 0 Å². The van der Waals surface area contributed by atoms with Gasteiger partial charge in [-0.05, 0) is 29.3 Å². The van der Waals surface area contributed by atoms with Crippen molar-refractivity contribution >= 4 is 0 Å². The van der Waals surface area contributed by atoms with Crippen molar-refractivity contribution in [3.63, 3.8) is 0 Å². The third kappa shape index (κ3) is 2.63. The molecule has 0 atom stereocenters. The third-order valence-corrected chi connectivity index (χ3v) is 3.45. The summed E-state index contributed by atoms with van der Waals surface area (Å²) in [7, 11) is 0. The lowest BCUT2D eigenvalue weighted by Gasteiger charge is -2.27. The van der Waals surface area contributed by atoms with Crippen LogP contribution in [0.4, 0.5) is 0 Å². The van der Waals surface area contributed by atoms with Crippen LogP contribution in [0.1, 0.15) is 5.56 Å². The van der Waals surface area contributed by atoms with Crippen LogP contribution < -0.4 is 5.32 Å². The molecular weight excluding hydrogens is 222 g/mol. The molecule has 1 aliphatic rings. The zero-order valence-corrected chi connectivity index (χ0v) is 10.5. The van der Waals surface area contributed by atoms with Gasteiger partial charge in [0.15, 0.2) is 0 Å². The smallest absolute Gasteiger partial charge is 0.0453 e. The van der Waals surface area contributed by atoms with Gasteiger partial charge in [-0.2, -0.15) is 0 Å². The maximum atomic E-state index is 3.39. The van der Waals surface area contributed by atoms with Gasteiger partial charge < -0.3 is 10.3 Å². The fourth-order valence-electron chi connectivity index (χ4n) is 2.47. The van der Waals surface area contributed by atoms with Gasteiger partial charge in [0, 0.05) is 44.6 Å². The molecule has 3 nitrogen and oxygen atoms in total. The number of aromatic nitrogens is 1. The Balaban J connectivity index is 1.74. The molecule has 0 unspecified atom stereocenters. The Morgan fingerprint density at radius 3 is 2.72 bits per heavy atom. The molecule has 0 bridgehead atoms. The Hall–Kier alpha value is -1.58. The largest absolute Gasteiger partial charge is 0.361 e. The summed E-state index contributed by atoms with van der Waals surface area (Å²) in [6, 6.07) is 13.0. The predicted molar refractivity (Wildman–Crippen MR) is 74.4 cm³/mol. The van der Waals surface area contributed by atoms with Gasteiger partial charge >= 0.3 is 0 Å². The molecule has 3 heteroatoms. The lowest BCUT2D eigenvalue weighted by Crippen LogP contribution is -2.42. The first-order chi connectivity index (χ1) is 8.92. The number of hydrogen-bond acceptors (Lipinski definition) is 2. The van der Waals surface area contributed by atoms with Gasteiger partial charge in [-0.25, -0.2) is 0 Å². The fourth-order valence-corrected chi connectivity index (χ4v) is 2.47. The van der Waals surface area contributed by atoms with Gasteiger partial charge in [-0.15, -0.1) is 0 Å². The van der Waals surface area contributed by atoms with Crippen LogP contribution in [-0.4, -0.2) is 36.1 Å². The first-order valence-corrected chi connectivity index (χ1v) is 6.57. The zero-order valence-electron chi connectivity index (χ0n) is 10.5. The number of piperazine rings is 1. The average molecular weight is 241 g/mol. The summed E-state index contributed by atoms with van der Waals surface area (Å²) in [5, 5.41) is 3.39. The number of H-pyrrole nitrogens is 1. The summed E-state index contributed by atoms with van der Waals surface area (Å²) in [5.41, 5.74) is 3.86. The van der Waals surface area contributed by atoms with Crippen LogP contribution in [0.25, 0.3) is 11.3 Å². The molecule has 1 aromatic carbocycles. The summed E-state index contributed by atoms with van der Waals surface area (Å²) >= 11 is 0. The van der Waals surface area contributed by atoms with Gasteiger partial charge in [-0.3, -0.25) is 4.90 Å². The lowest BCUT2D eigenvalue weighted by molar-refractivity contribution is 0.233. The molecule has 3 rings (SSSR count). The van der Waals surface area contributed by atoms with E-state index in [9.17, 15) is 0 Å². The Morgan fingerprint density at radius 2 is 1.94 bits per heavy atom. The first kappa shape index (κ1) is 11.5. The monoisotopic (exact) mass is 241 g/mol. The topological polar surface area (TPSA) is 31.1 Å². The minimum atomic E-state index is 1.05. The van der Waals surface area contributed by atoms with Crippen molar-refractivity contribution < 1.29 is 0 Å². The van der Waals surface area contributed by atoms with Crippen LogP contribution >= 0.6 is 0 Å². The van der Waals surface area contributed by atoms with Crippen LogP contribution in [-0.2, 0) is 6.54 Å². The molecule has 0 aliphatic carbocycles. The van der Waals surface area contributed by atoms with Gasteiger partial charge in [0.25, 0.3) is 0 Å². The van der Waals surface area contributed by atoms with Gasteiger partial charge in [0.1, 0.15) is 0 Å². The SMILES string of the molecule is c1cc(CN2CCNCC2)cc(-c2ccc[nH]2)c1. The van der Waals surface area contributed by atoms with E-state index in [0.29, 0.717) is 0 Å². The Labute approximate surface area is 108 Å². The Bertz CT molecular complexity index is 484. The number of rotatable bonds is 3. The molecule has 2 aromatic rings. The molecule has 1 aliphatic heterocycles. The van der Waals surface area contributed by atoms with Crippen LogP contribution in [0, 0.1) is 0 Å². The molecule has 0 radical (unpaired) electrons. The number of benzene rings is 1. The summed E-state index contributed by atoms with van der Waals surface area (Å²) in [4.78, 5) is 5.76. The van der Waals surface area contributed by atoms with E-state index in [2.05, 4.69) is 45.5 Å². The number of hydrogen-bond donors (Lipinski definition) is 2. The van der Waals surface area contributed by atoms with E-state index in [0.717, 1.165) is 32.7 Å². The van der Waals surface area contributed by atoms with Gasteiger partial charge in [-0.1, -0.05) is 18.2 Å². The van der Waals surface area contributed by atoms with E-state index < -0.39 is 0 Å². The predicted octanol–water partition coefficient (Wildman–Crippen LogP) is 2.09. The molecule has 0 saturated carbocycles. The summed E-state index contributed by atoms with van der Waals surface area (Å²) < 4.78 is 0. The highest BCUT2D eigenvalue weighted by Crippen LogP contribution is 2.19. The Kier molecular flexibility index (Phi) is 3.44. The molecule has 0 spiro atoms. The second-order valence-corrected chi connectivity index (χ2v) is 4.81. The van der Waals surface area contributed by atoms with E-state index in [1.54, 1.807) is 0 Å². The van der Waals surface area contributed by atoms with E-state index in [4.69, 9.17) is 0 Å². The first-order valence-electron chi connectivity index (χ1n) is 6.57. The van der Waals surface area contributed by atoms with E-state index in [1.165, 1.54) is 16.8 Å². The molecule has 1 saturated heterocycles. The van der Waals surface area contributed by atoms with Crippen LogP contribution in [0.5, 0.6) is 0 Å². The van der Waals surface area contributed by atoms with Crippen molar-refractivity contribution in [2.45, 2.75) is 6.54 Å². The highest BCUT2D eigenvalue weighted by atomic mass is 15.2. The second-order valence-electron chi connectivity index (χ2n) is 4.81. The van der Waals surface area contributed by atoms with Crippen molar-refractivity contribution in [2.24, 2.45) is 0 Å². The molecule has 1 fully saturated rings. The number of nitrogens with one attached hydrogen (secondary N) is 2. The van der Waals surface area contributed by atoms with E-state index in [1.807, 2.05) is 12.3 Å². The Morgan fingerprint density at radius 1 is 1.06 bits per heavy atom. The molecular formula is C15H19N3. The number of aromatic amines is 1. The third-order valence-electron chi connectivity index (χ3n) is 3.45. The molecule has 2 N–H and O–H groups in total. The van der Waals surface area contributed by atoms with E-state index in [-0.39, 0.29) is 0 Å².